The molecule has 0 spiro atoms. The molecule has 4 rings (SSSR count). The van der Waals surface area contributed by atoms with Gasteiger partial charge in [-0.2, -0.15) is 0 Å². The summed E-state index contributed by atoms with van der Waals surface area (Å²) in [5, 5.41) is 6.49. The number of amides is 2. The molecular formula is C25H20N2O4. The van der Waals surface area contributed by atoms with Crippen molar-refractivity contribution in [2.24, 2.45) is 0 Å². The SMILES string of the molecule is CC(=O)Nc1ccc(NC(=O)c2oc(=O)c3ccccc3c2-c2ccc(C)cc2)cc1. The summed E-state index contributed by atoms with van der Waals surface area (Å²) in [5.41, 5.74) is 2.96. The van der Waals surface area contributed by atoms with E-state index in [2.05, 4.69) is 10.6 Å². The lowest BCUT2D eigenvalue weighted by atomic mass is 9.97. The second-order valence-corrected chi connectivity index (χ2v) is 7.22. The van der Waals surface area contributed by atoms with Gasteiger partial charge in [-0.05, 0) is 42.8 Å². The van der Waals surface area contributed by atoms with Crippen LogP contribution in [0.1, 0.15) is 23.0 Å². The van der Waals surface area contributed by atoms with Crippen LogP contribution in [0.15, 0.2) is 82.0 Å². The van der Waals surface area contributed by atoms with Gasteiger partial charge in [-0.15, -0.1) is 0 Å². The second-order valence-electron chi connectivity index (χ2n) is 7.22. The highest BCUT2D eigenvalue weighted by molar-refractivity contribution is 6.11. The van der Waals surface area contributed by atoms with E-state index in [1.54, 1.807) is 42.5 Å². The molecule has 3 aromatic carbocycles. The van der Waals surface area contributed by atoms with Gasteiger partial charge in [0.2, 0.25) is 11.7 Å². The van der Waals surface area contributed by atoms with E-state index in [1.807, 2.05) is 37.3 Å². The van der Waals surface area contributed by atoms with Crippen molar-refractivity contribution in [1.82, 2.24) is 0 Å². The van der Waals surface area contributed by atoms with Crippen LogP contribution in [0.3, 0.4) is 0 Å². The lowest BCUT2D eigenvalue weighted by Crippen LogP contribution is -2.17. The van der Waals surface area contributed by atoms with Gasteiger partial charge in [0.1, 0.15) is 0 Å². The first-order valence-corrected chi connectivity index (χ1v) is 9.74. The standard InChI is InChI=1S/C25H20N2O4/c1-15-7-9-17(10-8-15)22-20-5-3-4-6-21(20)25(30)31-23(22)24(29)27-19-13-11-18(12-14-19)26-16(2)28/h3-14H,1-2H3,(H,26,28)(H,27,29). The summed E-state index contributed by atoms with van der Waals surface area (Å²) in [6, 6.07) is 21.4. The number of rotatable bonds is 4. The van der Waals surface area contributed by atoms with Gasteiger partial charge in [0.15, 0.2) is 0 Å². The Morgan fingerprint density at radius 3 is 1.97 bits per heavy atom. The minimum Gasteiger partial charge on any atom is -0.416 e. The van der Waals surface area contributed by atoms with Crippen molar-refractivity contribution >= 4 is 34.0 Å². The quantitative estimate of drug-likeness (QED) is 0.495. The average molecular weight is 412 g/mol. The fourth-order valence-corrected chi connectivity index (χ4v) is 3.39. The van der Waals surface area contributed by atoms with Gasteiger partial charge < -0.3 is 15.1 Å². The molecule has 0 aliphatic rings. The van der Waals surface area contributed by atoms with Crippen LogP contribution in [0.5, 0.6) is 0 Å². The van der Waals surface area contributed by atoms with E-state index in [-0.39, 0.29) is 11.7 Å². The highest BCUT2D eigenvalue weighted by Crippen LogP contribution is 2.31. The van der Waals surface area contributed by atoms with Gasteiger partial charge in [0.05, 0.1) is 5.39 Å². The molecule has 2 N–H and O–H groups in total. The third kappa shape index (κ3) is 4.23. The van der Waals surface area contributed by atoms with Crippen molar-refractivity contribution in [3.63, 3.8) is 0 Å². The van der Waals surface area contributed by atoms with Crippen LogP contribution in [0.2, 0.25) is 0 Å². The molecule has 1 aromatic heterocycles. The molecule has 154 valence electrons. The van der Waals surface area contributed by atoms with Crippen LogP contribution in [0, 0.1) is 6.92 Å². The van der Waals surface area contributed by atoms with Gasteiger partial charge >= 0.3 is 5.63 Å². The monoisotopic (exact) mass is 412 g/mol. The third-order valence-electron chi connectivity index (χ3n) is 4.85. The summed E-state index contributed by atoms with van der Waals surface area (Å²) < 4.78 is 5.49. The first kappa shape index (κ1) is 20.1. The Morgan fingerprint density at radius 2 is 1.35 bits per heavy atom. The molecule has 0 unspecified atom stereocenters. The maximum atomic E-state index is 13.1. The molecule has 0 bridgehead atoms. The van der Waals surface area contributed by atoms with E-state index < -0.39 is 11.5 Å². The fraction of sp³-hybridized carbons (Fsp3) is 0.0800. The summed E-state index contributed by atoms with van der Waals surface area (Å²) in [6.45, 7) is 3.40. The Kier molecular flexibility index (Phi) is 5.37. The molecule has 0 aliphatic heterocycles. The molecule has 31 heavy (non-hydrogen) atoms. The minimum absolute atomic E-state index is 0.0570. The number of hydrogen-bond donors (Lipinski definition) is 2. The first-order valence-electron chi connectivity index (χ1n) is 9.74. The lowest BCUT2D eigenvalue weighted by molar-refractivity contribution is -0.114. The number of nitrogens with one attached hydrogen (secondary N) is 2. The zero-order valence-electron chi connectivity index (χ0n) is 17.1. The number of carbonyl (C=O) groups excluding carboxylic acids is 2. The summed E-state index contributed by atoms with van der Waals surface area (Å²) in [5.74, 6) is -0.776. The average Bonchev–Trinajstić information content (AvgIpc) is 2.75. The molecule has 0 saturated heterocycles. The van der Waals surface area contributed by atoms with E-state index in [4.69, 9.17) is 4.42 Å². The summed E-state index contributed by atoms with van der Waals surface area (Å²) in [6.07, 6.45) is 0. The molecule has 0 fully saturated rings. The summed E-state index contributed by atoms with van der Waals surface area (Å²) in [4.78, 5) is 36.8. The Morgan fingerprint density at radius 1 is 0.774 bits per heavy atom. The van der Waals surface area contributed by atoms with Crippen LogP contribution in [-0.4, -0.2) is 11.8 Å². The maximum Gasteiger partial charge on any atom is 0.344 e. The molecule has 0 radical (unpaired) electrons. The molecule has 6 nitrogen and oxygen atoms in total. The molecule has 6 heteroatoms. The van der Waals surface area contributed by atoms with Gasteiger partial charge in [0, 0.05) is 29.2 Å². The smallest absolute Gasteiger partial charge is 0.344 e. The van der Waals surface area contributed by atoms with Crippen molar-refractivity contribution in [2.45, 2.75) is 13.8 Å². The van der Waals surface area contributed by atoms with Gasteiger partial charge in [-0.25, -0.2) is 4.79 Å². The number of hydrogen-bond acceptors (Lipinski definition) is 4. The minimum atomic E-state index is -0.572. The van der Waals surface area contributed by atoms with Gasteiger partial charge in [-0.1, -0.05) is 48.0 Å². The third-order valence-corrected chi connectivity index (χ3v) is 4.85. The van der Waals surface area contributed by atoms with Crippen molar-refractivity contribution in [1.29, 1.82) is 0 Å². The van der Waals surface area contributed by atoms with Crippen molar-refractivity contribution in [2.75, 3.05) is 10.6 Å². The molecular weight excluding hydrogens is 392 g/mol. The number of anilines is 2. The highest BCUT2D eigenvalue weighted by atomic mass is 16.4. The number of fused-ring (bicyclic) bond motifs is 1. The number of aryl methyl sites for hydroxylation is 1. The Bertz CT molecular complexity index is 1340. The molecule has 2 amide bonds. The molecule has 0 aliphatic carbocycles. The molecule has 0 saturated carbocycles. The molecule has 4 aromatic rings. The zero-order chi connectivity index (χ0) is 22.0. The van der Waals surface area contributed by atoms with Crippen LogP contribution in [-0.2, 0) is 4.79 Å². The van der Waals surface area contributed by atoms with E-state index in [0.717, 1.165) is 11.1 Å². The largest absolute Gasteiger partial charge is 0.416 e. The van der Waals surface area contributed by atoms with Crippen LogP contribution in [0.4, 0.5) is 11.4 Å². The van der Waals surface area contributed by atoms with Gasteiger partial charge in [-0.3, -0.25) is 9.59 Å². The fourth-order valence-electron chi connectivity index (χ4n) is 3.39. The van der Waals surface area contributed by atoms with Crippen LogP contribution >= 0.6 is 0 Å². The summed E-state index contributed by atoms with van der Waals surface area (Å²) >= 11 is 0. The Balaban J connectivity index is 1.78. The van der Waals surface area contributed by atoms with E-state index in [9.17, 15) is 14.4 Å². The lowest BCUT2D eigenvalue weighted by Gasteiger charge is -2.12. The van der Waals surface area contributed by atoms with E-state index in [0.29, 0.717) is 27.7 Å². The number of carbonyl (C=O) groups is 2. The Hall–Kier alpha value is -4.19. The Labute approximate surface area is 178 Å². The molecule has 0 atom stereocenters. The normalized spacial score (nSPS) is 10.6. The highest BCUT2D eigenvalue weighted by Gasteiger charge is 2.21. The zero-order valence-corrected chi connectivity index (χ0v) is 17.1. The van der Waals surface area contributed by atoms with Crippen LogP contribution in [0.25, 0.3) is 21.9 Å². The molecule has 1 heterocycles. The van der Waals surface area contributed by atoms with E-state index >= 15 is 0 Å². The number of benzene rings is 3. The predicted octanol–water partition coefficient (Wildman–Crippen LogP) is 4.98. The second kappa shape index (κ2) is 8.28. The topological polar surface area (TPSA) is 88.4 Å². The van der Waals surface area contributed by atoms with Crippen molar-refractivity contribution in [3.05, 3.63) is 94.5 Å². The first-order chi connectivity index (χ1) is 14.9. The van der Waals surface area contributed by atoms with Crippen molar-refractivity contribution in [3.8, 4) is 11.1 Å². The van der Waals surface area contributed by atoms with Gasteiger partial charge in [0.25, 0.3) is 5.91 Å². The van der Waals surface area contributed by atoms with E-state index in [1.165, 1.54) is 6.92 Å². The van der Waals surface area contributed by atoms with Crippen LogP contribution < -0.4 is 16.3 Å². The summed E-state index contributed by atoms with van der Waals surface area (Å²) in [7, 11) is 0. The van der Waals surface area contributed by atoms with Crippen molar-refractivity contribution < 1.29 is 14.0 Å². The maximum absolute atomic E-state index is 13.1. The predicted molar refractivity (Wildman–Crippen MR) is 121 cm³/mol.